The second-order valence-electron chi connectivity index (χ2n) is 10.4. The van der Waals surface area contributed by atoms with Crippen molar-refractivity contribution in [1.29, 1.82) is 0 Å². The van der Waals surface area contributed by atoms with E-state index in [1.54, 1.807) is 0 Å². The third kappa shape index (κ3) is 21.5. The summed E-state index contributed by atoms with van der Waals surface area (Å²) in [7, 11) is 0.495. The van der Waals surface area contributed by atoms with Gasteiger partial charge in [-0.15, -0.1) is 0 Å². The Morgan fingerprint density at radius 3 is 1.29 bits per heavy atom. The predicted octanol–water partition coefficient (Wildman–Crippen LogP) is 7.77. The van der Waals surface area contributed by atoms with E-state index in [0.29, 0.717) is 6.42 Å². The van der Waals surface area contributed by atoms with Gasteiger partial charge in [-0.1, -0.05) is 110 Å². The van der Waals surface area contributed by atoms with Gasteiger partial charge in [-0.05, 0) is 19.8 Å². The van der Waals surface area contributed by atoms with Crippen LogP contribution in [0.1, 0.15) is 136 Å². The molecule has 31 heavy (non-hydrogen) atoms. The fourth-order valence-corrected chi connectivity index (χ4v) is 4.95. The number of hydrogen-bond acceptors (Lipinski definition) is 2. The smallest absolute Gasteiger partial charge is 0.265 e. The number of rotatable bonds is 23. The Morgan fingerprint density at radius 1 is 0.645 bits per heavy atom. The van der Waals surface area contributed by atoms with Crippen LogP contribution in [0, 0.1) is 0 Å². The van der Waals surface area contributed by atoms with Crippen LogP contribution in [0.25, 0.3) is 0 Å². The highest BCUT2D eigenvalue weighted by Crippen LogP contribution is 2.16. The Bertz CT molecular complexity index is 491. The zero-order chi connectivity index (χ0) is 23.4. The molecule has 0 bridgehead atoms. The molecule has 0 aliphatic rings. The van der Waals surface area contributed by atoms with Crippen LogP contribution in [-0.4, -0.2) is 49.9 Å². The van der Waals surface area contributed by atoms with Crippen LogP contribution < -0.4 is 0 Å². The van der Waals surface area contributed by atoms with Gasteiger partial charge in [0.05, 0.1) is 32.4 Å². The Labute approximate surface area is 195 Å². The summed E-state index contributed by atoms with van der Waals surface area (Å²) >= 11 is 0. The van der Waals surface area contributed by atoms with E-state index in [0.717, 1.165) is 11.0 Å². The van der Waals surface area contributed by atoms with Crippen LogP contribution in [0.4, 0.5) is 0 Å². The van der Waals surface area contributed by atoms with Crippen molar-refractivity contribution in [2.75, 3.05) is 26.4 Å². The molecule has 0 aliphatic carbocycles. The molecule has 0 rings (SSSR count). The zero-order valence-electron chi connectivity index (χ0n) is 21.5. The van der Waals surface area contributed by atoms with Crippen molar-refractivity contribution in [3.05, 3.63) is 0 Å². The van der Waals surface area contributed by atoms with Gasteiger partial charge in [0.15, 0.2) is 0 Å². The second-order valence-corrected chi connectivity index (χ2v) is 12.0. The predicted molar refractivity (Wildman–Crippen MR) is 136 cm³/mol. The van der Waals surface area contributed by atoms with Crippen molar-refractivity contribution in [3.63, 3.8) is 0 Å². The maximum absolute atomic E-state index is 10.9. The number of hydrogen-bond donors (Lipinski definition) is 1. The first kappa shape index (κ1) is 30.9. The van der Waals surface area contributed by atoms with E-state index in [1.165, 1.54) is 116 Å². The first-order valence-corrected chi connectivity index (χ1v) is 15.1. The molecular weight excluding hydrogens is 406 g/mol. The van der Waals surface area contributed by atoms with E-state index >= 15 is 0 Å². The van der Waals surface area contributed by atoms with Crippen molar-refractivity contribution in [2.45, 2.75) is 142 Å². The van der Waals surface area contributed by atoms with Gasteiger partial charge in [0.1, 0.15) is 0 Å². The highest BCUT2D eigenvalue weighted by molar-refractivity contribution is 7.85. The maximum atomic E-state index is 10.9. The normalized spacial score (nSPS) is 13.6. The van der Waals surface area contributed by atoms with Crippen LogP contribution in [0.2, 0.25) is 0 Å². The van der Waals surface area contributed by atoms with Crippen LogP contribution >= 0.6 is 0 Å². The molecule has 0 heterocycles. The fourth-order valence-electron chi connectivity index (χ4n) is 4.31. The van der Waals surface area contributed by atoms with Crippen molar-refractivity contribution in [1.82, 2.24) is 0 Å². The Balaban J connectivity index is 3.39. The first-order chi connectivity index (χ1) is 14.7. The molecule has 0 aliphatic heterocycles. The van der Waals surface area contributed by atoms with Gasteiger partial charge in [0.25, 0.3) is 10.1 Å². The molecule has 0 fully saturated rings. The standard InChI is InChI=1S/C26H55NO3S/c1-5-6-7-8-9-10-11-12-13-14-15-16-17-18-19-20-21-22-24-27(3,4)26(2)23-25-31(28,29)30/h26H,5-25H2,1-4H3/p+1/t26-/m0/s1. The molecule has 188 valence electrons. The van der Waals surface area contributed by atoms with Gasteiger partial charge in [0.2, 0.25) is 0 Å². The second kappa shape index (κ2) is 19.3. The molecule has 0 spiro atoms. The van der Waals surface area contributed by atoms with Crippen molar-refractivity contribution in [3.8, 4) is 0 Å². The largest absolute Gasteiger partial charge is 0.326 e. The van der Waals surface area contributed by atoms with Gasteiger partial charge in [-0.2, -0.15) is 8.42 Å². The number of unbranched alkanes of at least 4 members (excludes halogenated alkanes) is 17. The molecule has 0 aromatic rings. The van der Waals surface area contributed by atoms with E-state index in [2.05, 4.69) is 27.9 Å². The fraction of sp³-hybridized carbons (Fsp3) is 1.00. The molecule has 0 aromatic carbocycles. The summed E-state index contributed by atoms with van der Waals surface area (Å²) in [4.78, 5) is 0. The summed E-state index contributed by atoms with van der Waals surface area (Å²) in [5.41, 5.74) is 0. The Morgan fingerprint density at radius 2 is 0.968 bits per heavy atom. The van der Waals surface area contributed by atoms with Crippen LogP contribution in [0.5, 0.6) is 0 Å². The summed E-state index contributed by atoms with van der Waals surface area (Å²) < 4.78 is 31.7. The molecule has 0 aromatic heterocycles. The molecule has 1 atom stereocenters. The van der Waals surface area contributed by atoms with Gasteiger partial charge in [-0.3, -0.25) is 4.55 Å². The maximum Gasteiger partial charge on any atom is 0.265 e. The minimum absolute atomic E-state index is 0.130. The van der Waals surface area contributed by atoms with Crippen molar-refractivity contribution in [2.24, 2.45) is 0 Å². The molecule has 5 heteroatoms. The molecule has 0 unspecified atom stereocenters. The average Bonchev–Trinajstić information content (AvgIpc) is 2.70. The highest BCUT2D eigenvalue weighted by atomic mass is 32.2. The van der Waals surface area contributed by atoms with E-state index in [1.807, 2.05) is 0 Å². The van der Waals surface area contributed by atoms with E-state index < -0.39 is 10.1 Å². The summed E-state index contributed by atoms with van der Waals surface area (Å²) in [5, 5.41) is 0. The Hall–Kier alpha value is -0.130. The lowest BCUT2D eigenvalue weighted by atomic mass is 10.0. The molecule has 0 amide bonds. The van der Waals surface area contributed by atoms with Crippen molar-refractivity contribution >= 4 is 10.1 Å². The summed E-state index contributed by atoms with van der Waals surface area (Å²) in [6.07, 6.45) is 25.5. The van der Waals surface area contributed by atoms with Crippen molar-refractivity contribution < 1.29 is 17.5 Å². The van der Waals surface area contributed by atoms with E-state index in [9.17, 15) is 8.42 Å². The van der Waals surface area contributed by atoms with Gasteiger partial charge in [-0.25, -0.2) is 0 Å². The minimum atomic E-state index is -3.84. The van der Waals surface area contributed by atoms with Gasteiger partial charge in [0, 0.05) is 6.42 Å². The molecule has 0 radical (unpaired) electrons. The third-order valence-electron chi connectivity index (χ3n) is 7.07. The first-order valence-electron chi connectivity index (χ1n) is 13.5. The van der Waals surface area contributed by atoms with E-state index in [-0.39, 0.29) is 11.8 Å². The molecule has 0 saturated carbocycles. The highest BCUT2D eigenvalue weighted by Gasteiger charge is 2.24. The number of quaternary nitrogens is 1. The third-order valence-corrected chi connectivity index (χ3v) is 7.83. The molecule has 1 N–H and O–H groups in total. The van der Waals surface area contributed by atoms with E-state index in [4.69, 9.17) is 4.55 Å². The lowest BCUT2D eigenvalue weighted by Crippen LogP contribution is -2.48. The SMILES string of the molecule is CCCCCCCCCCCCCCCCCCCC[N+](C)(C)[C@@H](C)CCS(=O)(=O)O. The Kier molecular flexibility index (Phi) is 19.3. The topological polar surface area (TPSA) is 54.4 Å². The molecule has 4 nitrogen and oxygen atoms in total. The molecular formula is C26H56NO3S+. The van der Waals surface area contributed by atoms with Crippen LogP contribution in [0.3, 0.4) is 0 Å². The monoisotopic (exact) mass is 462 g/mol. The van der Waals surface area contributed by atoms with Gasteiger partial charge < -0.3 is 4.48 Å². The quantitative estimate of drug-likeness (QED) is 0.0958. The number of nitrogens with zero attached hydrogens (tertiary/aromatic N) is 1. The molecule has 0 saturated heterocycles. The average molecular weight is 463 g/mol. The van der Waals surface area contributed by atoms with Crippen LogP contribution in [0.15, 0.2) is 0 Å². The summed E-state index contributed by atoms with van der Waals surface area (Å²) in [6, 6.07) is 0.243. The lowest BCUT2D eigenvalue weighted by molar-refractivity contribution is -0.913. The minimum Gasteiger partial charge on any atom is -0.326 e. The van der Waals surface area contributed by atoms with Crippen LogP contribution in [-0.2, 0) is 10.1 Å². The lowest BCUT2D eigenvalue weighted by Gasteiger charge is -2.36. The summed E-state index contributed by atoms with van der Waals surface area (Å²) in [6.45, 7) is 5.44. The summed E-state index contributed by atoms with van der Waals surface area (Å²) in [5.74, 6) is -0.130. The zero-order valence-corrected chi connectivity index (χ0v) is 22.4. The van der Waals surface area contributed by atoms with Gasteiger partial charge >= 0.3 is 0 Å².